The molecule has 1 aliphatic heterocycles. The Morgan fingerprint density at radius 1 is 1.36 bits per heavy atom. The smallest absolute Gasteiger partial charge is 0.224 e. The van der Waals surface area contributed by atoms with E-state index in [0.717, 1.165) is 5.56 Å². The molecule has 7 nitrogen and oxygen atoms in total. The highest BCUT2D eigenvalue weighted by atomic mass is 32.2. The number of ether oxygens (including phenoxy) is 2. The third-order valence-corrected chi connectivity index (χ3v) is 5.49. The first-order chi connectivity index (χ1) is 11.8. The molecule has 1 aliphatic rings. The van der Waals surface area contributed by atoms with Gasteiger partial charge in [-0.05, 0) is 37.5 Å². The Balaban J connectivity index is 1.96. The fourth-order valence-corrected chi connectivity index (χ4v) is 3.80. The minimum Gasteiger partial charge on any atom is -0.493 e. The van der Waals surface area contributed by atoms with E-state index in [1.54, 1.807) is 13.2 Å². The number of carbonyl (C=O) groups is 1. The fourth-order valence-electron chi connectivity index (χ4n) is 2.89. The van der Waals surface area contributed by atoms with Crippen LogP contribution in [0.15, 0.2) is 18.2 Å². The van der Waals surface area contributed by atoms with Gasteiger partial charge in [0.1, 0.15) is 0 Å². The first-order valence-corrected chi connectivity index (χ1v) is 10.2. The van der Waals surface area contributed by atoms with Crippen LogP contribution in [0.1, 0.15) is 25.3 Å². The predicted octanol–water partition coefficient (Wildman–Crippen LogP) is 1.38. The van der Waals surface area contributed by atoms with Crippen LogP contribution in [0.4, 0.5) is 0 Å². The van der Waals surface area contributed by atoms with Gasteiger partial charge in [-0.15, -0.1) is 0 Å². The molecule has 1 N–H and O–H groups in total. The molecule has 1 saturated heterocycles. The van der Waals surface area contributed by atoms with E-state index in [0.29, 0.717) is 44.0 Å². The summed E-state index contributed by atoms with van der Waals surface area (Å²) in [5.41, 5.74) is 0.897. The van der Waals surface area contributed by atoms with Gasteiger partial charge < -0.3 is 14.8 Å². The van der Waals surface area contributed by atoms with Crippen molar-refractivity contribution in [2.45, 2.75) is 26.3 Å². The lowest BCUT2D eigenvalue weighted by Crippen LogP contribution is -2.44. The molecule has 8 heteroatoms. The summed E-state index contributed by atoms with van der Waals surface area (Å²) in [5.74, 6) is 0.848. The summed E-state index contributed by atoms with van der Waals surface area (Å²) in [5, 5.41) is 2.89. The summed E-state index contributed by atoms with van der Waals surface area (Å²) in [7, 11) is -1.68. The van der Waals surface area contributed by atoms with Crippen molar-refractivity contribution < 1.29 is 22.7 Å². The van der Waals surface area contributed by atoms with E-state index in [1.807, 2.05) is 19.1 Å². The number of rotatable bonds is 7. The van der Waals surface area contributed by atoms with Gasteiger partial charge >= 0.3 is 0 Å². The van der Waals surface area contributed by atoms with Crippen LogP contribution in [-0.4, -0.2) is 51.7 Å². The van der Waals surface area contributed by atoms with Gasteiger partial charge in [-0.3, -0.25) is 4.79 Å². The second-order valence-corrected chi connectivity index (χ2v) is 8.08. The molecule has 0 aliphatic carbocycles. The lowest BCUT2D eigenvalue weighted by Gasteiger charge is -2.30. The molecule has 25 heavy (non-hydrogen) atoms. The molecule has 1 aromatic carbocycles. The van der Waals surface area contributed by atoms with Gasteiger partial charge in [0.2, 0.25) is 15.9 Å². The molecule has 1 aromatic rings. The molecule has 0 saturated carbocycles. The van der Waals surface area contributed by atoms with Crippen LogP contribution < -0.4 is 14.8 Å². The van der Waals surface area contributed by atoms with Crippen LogP contribution in [0.3, 0.4) is 0 Å². The van der Waals surface area contributed by atoms with Crippen molar-refractivity contribution in [2.75, 3.05) is 33.1 Å². The van der Waals surface area contributed by atoms with Crippen molar-refractivity contribution in [1.82, 2.24) is 9.62 Å². The van der Waals surface area contributed by atoms with Gasteiger partial charge in [0, 0.05) is 19.6 Å². The normalized spacial score (nSPS) is 18.6. The first-order valence-electron chi connectivity index (χ1n) is 8.37. The van der Waals surface area contributed by atoms with E-state index in [9.17, 15) is 13.2 Å². The lowest BCUT2D eigenvalue weighted by molar-refractivity contribution is -0.126. The van der Waals surface area contributed by atoms with Gasteiger partial charge in [-0.1, -0.05) is 6.07 Å². The number of piperidine rings is 1. The summed E-state index contributed by atoms with van der Waals surface area (Å²) in [6, 6.07) is 5.51. The third kappa shape index (κ3) is 5.34. The zero-order valence-corrected chi connectivity index (χ0v) is 15.8. The van der Waals surface area contributed by atoms with Crippen LogP contribution in [0.2, 0.25) is 0 Å². The highest BCUT2D eigenvalue weighted by Crippen LogP contribution is 2.28. The minimum absolute atomic E-state index is 0.123. The quantitative estimate of drug-likeness (QED) is 0.784. The Bertz CT molecular complexity index is 705. The second kappa shape index (κ2) is 8.53. The number of benzene rings is 1. The molecule has 0 unspecified atom stereocenters. The standard InChI is InChI=1S/C17H26N2O5S/c1-4-24-16-10-13(7-8-15(16)23-2)11-18-17(20)14-6-5-9-19(12-14)25(3,21)22/h7-8,10,14H,4-6,9,11-12H2,1-3H3,(H,18,20)/t14-/m1/s1. The van der Waals surface area contributed by atoms with E-state index in [4.69, 9.17) is 9.47 Å². The maximum atomic E-state index is 12.4. The van der Waals surface area contributed by atoms with Gasteiger partial charge in [-0.2, -0.15) is 0 Å². The Morgan fingerprint density at radius 3 is 2.76 bits per heavy atom. The molecule has 0 aromatic heterocycles. The van der Waals surface area contributed by atoms with Crippen molar-refractivity contribution in [3.8, 4) is 11.5 Å². The topological polar surface area (TPSA) is 84.9 Å². The number of hydrogen-bond donors (Lipinski definition) is 1. The van der Waals surface area contributed by atoms with Crippen molar-refractivity contribution in [3.63, 3.8) is 0 Å². The van der Waals surface area contributed by atoms with Crippen LogP contribution in [0.5, 0.6) is 11.5 Å². The number of hydrogen-bond acceptors (Lipinski definition) is 5. The highest BCUT2D eigenvalue weighted by molar-refractivity contribution is 7.88. The third-order valence-electron chi connectivity index (χ3n) is 4.22. The predicted molar refractivity (Wildman–Crippen MR) is 95.2 cm³/mol. The van der Waals surface area contributed by atoms with E-state index < -0.39 is 10.0 Å². The molecule has 1 atom stereocenters. The summed E-state index contributed by atoms with van der Waals surface area (Å²) >= 11 is 0. The molecular formula is C17H26N2O5S. The summed E-state index contributed by atoms with van der Waals surface area (Å²) < 4.78 is 35.5. The Hall–Kier alpha value is -1.80. The van der Waals surface area contributed by atoms with E-state index in [1.165, 1.54) is 10.6 Å². The number of methoxy groups -OCH3 is 1. The molecule has 1 heterocycles. The van der Waals surface area contributed by atoms with Gasteiger partial charge in [-0.25, -0.2) is 12.7 Å². The van der Waals surface area contributed by atoms with Crippen molar-refractivity contribution in [3.05, 3.63) is 23.8 Å². The number of carbonyl (C=O) groups excluding carboxylic acids is 1. The van der Waals surface area contributed by atoms with Gasteiger partial charge in [0.25, 0.3) is 0 Å². The Labute approximate surface area is 149 Å². The molecule has 1 amide bonds. The van der Waals surface area contributed by atoms with Crippen LogP contribution in [0, 0.1) is 5.92 Å². The highest BCUT2D eigenvalue weighted by Gasteiger charge is 2.29. The SMILES string of the molecule is CCOc1cc(CNC(=O)[C@@H]2CCCN(S(C)(=O)=O)C2)ccc1OC. The minimum atomic E-state index is -3.26. The molecule has 1 fully saturated rings. The van der Waals surface area contributed by atoms with Crippen molar-refractivity contribution in [1.29, 1.82) is 0 Å². The second-order valence-electron chi connectivity index (χ2n) is 6.10. The first kappa shape index (κ1) is 19.5. The number of amides is 1. The van der Waals surface area contributed by atoms with Crippen LogP contribution >= 0.6 is 0 Å². The number of sulfonamides is 1. The molecule has 0 bridgehead atoms. The zero-order chi connectivity index (χ0) is 18.4. The molecule has 2 rings (SSSR count). The van der Waals surface area contributed by atoms with Crippen LogP contribution in [-0.2, 0) is 21.4 Å². The number of nitrogens with zero attached hydrogens (tertiary/aromatic N) is 1. The van der Waals surface area contributed by atoms with E-state index in [-0.39, 0.29) is 18.4 Å². The monoisotopic (exact) mass is 370 g/mol. The average molecular weight is 370 g/mol. The summed E-state index contributed by atoms with van der Waals surface area (Å²) in [6.07, 6.45) is 2.58. The van der Waals surface area contributed by atoms with Gasteiger partial charge in [0.05, 0.1) is 25.9 Å². The average Bonchev–Trinajstić information content (AvgIpc) is 2.59. The molecule has 0 radical (unpaired) electrons. The Morgan fingerprint density at radius 2 is 2.12 bits per heavy atom. The van der Waals surface area contributed by atoms with Crippen LogP contribution in [0.25, 0.3) is 0 Å². The summed E-state index contributed by atoms with van der Waals surface area (Å²) in [6.45, 7) is 3.51. The van der Waals surface area contributed by atoms with Gasteiger partial charge in [0.15, 0.2) is 11.5 Å². The van der Waals surface area contributed by atoms with Crippen molar-refractivity contribution in [2.24, 2.45) is 5.92 Å². The zero-order valence-electron chi connectivity index (χ0n) is 14.9. The fraction of sp³-hybridized carbons (Fsp3) is 0.588. The lowest BCUT2D eigenvalue weighted by atomic mass is 9.98. The summed E-state index contributed by atoms with van der Waals surface area (Å²) in [4.78, 5) is 12.4. The molecular weight excluding hydrogens is 344 g/mol. The number of nitrogens with one attached hydrogen (secondary N) is 1. The Kier molecular flexibility index (Phi) is 6.66. The maximum absolute atomic E-state index is 12.4. The molecule has 0 spiro atoms. The maximum Gasteiger partial charge on any atom is 0.224 e. The van der Waals surface area contributed by atoms with E-state index >= 15 is 0 Å². The molecule has 140 valence electrons. The largest absolute Gasteiger partial charge is 0.493 e. The van der Waals surface area contributed by atoms with E-state index in [2.05, 4.69) is 5.32 Å². The van der Waals surface area contributed by atoms with Crippen molar-refractivity contribution >= 4 is 15.9 Å².